The molecule has 1 aliphatic carbocycles. The summed E-state index contributed by atoms with van der Waals surface area (Å²) < 4.78 is 5.31. The molecule has 0 bridgehead atoms. The van der Waals surface area contributed by atoms with E-state index in [1.54, 1.807) is 6.20 Å². The molecule has 3 rings (SSSR count). The molecule has 2 atom stereocenters. The molecule has 0 saturated heterocycles. The number of nitrogens with one attached hydrogen (secondary N) is 1. The van der Waals surface area contributed by atoms with E-state index in [4.69, 9.17) is 10.3 Å². The van der Waals surface area contributed by atoms with Crippen molar-refractivity contribution in [2.75, 3.05) is 0 Å². The summed E-state index contributed by atoms with van der Waals surface area (Å²) in [7, 11) is 0. The number of nitrogens with zero attached hydrogens (tertiary/aromatic N) is 4. The molecule has 2 aromatic heterocycles. The summed E-state index contributed by atoms with van der Waals surface area (Å²) in [5.41, 5.74) is 6.47. The molecule has 2 aromatic rings. The van der Waals surface area contributed by atoms with Crippen LogP contribution in [0.25, 0.3) is 11.5 Å². The standard InChI is InChI=1S/C11H16N6O/c1-7-3-2-4-11(12,5-7)10-14-9(16-18-10)8-6-13-17-15-8/h6-7H,2-5,12H2,1H3,(H,13,15,17). The van der Waals surface area contributed by atoms with Gasteiger partial charge in [0, 0.05) is 0 Å². The summed E-state index contributed by atoms with van der Waals surface area (Å²) in [4.78, 5) is 4.36. The maximum Gasteiger partial charge on any atom is 0.247 e. The predicted octanol–water partition coefficient (Wildman–Crippen LogP) is 1.22. The third-order valence-corrected chi connectivity index (χ3v) is 3.53. The van der Waals surface area contributed by atoms with Crippen LogP contribution in [-0.4, -0.2) is 25.6 Å². The average molecular weight is 248 g/mol. The van der Waals surface area contributed by atoms with Crippen LogP contribution in [0.4, 0.5) is 0 Å². The van der Waals surface area contributed by atoms with Gasteiger partial charge in [-0.3, -0.25) is 0 Å². The minimum absolute atomic E-state index is 0.432. The Kier molecular flexibility index (Phi) is 2.62. The maximum atomic E-state index is 6.40. The quantitative estimate of drug-likeness (QED) is 0.827. The summed E-state index contributed by atoms with van der Waals surface area (Å²) in [6, 6.07) is 0. The summed E-state index contributed by atoms with van der Waals surface area (Å²) >= 11 is 0. The molecule has 2 heterocycles. The molecular formula is C11H16N6O. The normalized spacial score (nSPS) is 28.4. The highest BCUT2D eigenvalue weighted by molar-refractivity contribution is 5.45. The van der Waals surface area contributed by atoms with Crippen molar-refractivity contribution in [3.63, 3.8) is 0 Å². The zero-order valence-electron chi connectivity index (χ0n) is 10.3. The van der Waals surface area contributed by atoms with Gasteiger partial charge in [0.15, 0.2) is 5.69 Å². The molecule has 7 heteroatoms. The molecular weight excluding hydrogens is 232 g/mol. The van der Waals surface area contributed by atoms with Gasteiger partial charge < -0.3 is 10.3 Å². The molecule has 96 valence electrons. The van der Waals surface area contributed by atoms with E-state index in [2.05, 4.69) is 32.5 Å². The van der Waals surface area contributed by atoms with Gasteiger partial charge in [-0.1, -0.05) is 24.9 Å². The van der Waals surface area contributed by atoms with Crippen LogP contribution < -0.4 is 5.73 Å². The molecule has 1 saturated carbocycles. The van der Waals surface area contributed by atoms with Crippen LogP contribution in [0.5, 0.6) is 0 Å². The van der Waals surface area contributed by atoms with E-state index in [-0.39, 0.29) is 0 Å². The number of H-pyrrole nitrogens is 1. The molecule has 0 aliphatic heterocycles. The van der Waals surface area contributed by atoms with E-state index >= 15 is 0 Å². The SMILES string of the molecule is CC1CCCC(N)(c2nc(-c3cn[nH]n3)no2)C1. The van der Waals surface area contributed by atoms with Crippen LogP contribution >= 0.6 is 0 Å². The smallest absolute Gasteiger partial charge is 0.247 e. The predicted molar refractivity (Wildman–Crippen MR) is 63.2 cm³/mol. The highest BCUT2D eigenvalue weighted by Gasteiger charge is 2.38. The topological polar surface area (TPSA) is 107 Å². The van der Waals surface area contributed by atoms with Gasteiger partial charge in [-0.2, -0.15) is 20.4 Å². The van der Waals surface area contributed by atoms with Crippen LogP contribution in [0.3, 0.4) is 0 Å². The number of rotatable bonds is 2. The van der Waals surface area contributed by atoms with E-state index in [9.17, 15) is 0 Å². The number of hydrogen-bond donors (Lipinski definition) is 2. The molecule has 18 heavy (non-hydrogen) atoms. The van der Waals surface area contributed by atoms with Crippen LogP contribution in [-0.2, 0) is 5.54 Å². The fourth-order valence-electron chi connectivity index (χ4n) is 2.63. The van der Waals surface area contributed by atoms with E-state index in [0.29, 0.717) is 23.3 Å². The summed E-state index contributed by atoms with van der Waals surface area (Å²) in [6.07, 6.45) is 5.63. The van der Waals surface area contributed by atoms with Gasteiger partial charge in [-0.05, 0) is 18.8 Å². The molecule has 1 fully saturated rings. The van der Waals surface area contributed by atoms with E-state index in [1.807, 2.05) is 0 Å². The van der Waals surface area contributed by atoms with Crippen molar-refractivity contribution in [3.8, 4) is 11.5 Å². The van der Waals surface area contributed by atoms with Crippen LogP contribution in [0.2, 0.25) is 0 Å². The lowest BCUT2D eigenvalue weighted by atomic mass is 9.77. The van der Waals surface area contributed by atoms with Crippen LogP contribution in [0, 0.1) is 5.92 Å². The zero-order valence-corrected chi connectivity index (χ0v) is 10.3. The van der Waals surface area contributed by atoms with Crippen molar-refractivity contribution in [2.45, 2.75) is 38.1 Å². The Morgan fingerprint density at radius 2 is 2.44 bits per heavy atom. The first kappa shape index (κ1) is 11.3. The average Bonchev–Trinajstić information content (AvgIpc) is 3.00. The van der Waals surface area contributed by atoms with Gasteiger partial charge in [-0.15, -0.1) is 0 Å². The minimum Gasteiger partial charge on any atom is -0.337 e. The number of aromatic nitrogens is 5. The summed E-state index contributed by atoms with van der Waals surface area (Å²) in [5, 5.41) is 14.1. The van der Waals surface area contributed by atoms with Crippen LogP contribution in [0.15, 0.2) is 10.7 Å². The number of aromatic amines is 1. The second-order valence-electron chi connectivity index (χ2n) is 5.14. The zero-order chi connectivity index (χ0) is 12.6. The van der Waals surface area contributed by atoms with Gasteiger partial charge in [-0.25, -0.2) is 0 Å². The summed E-state index contributed by atoms with van der Waals surface area (Å²) in [5.74, 6) is 1.53. The second kappa shape index (κ2) is 4.16. The van der Waals surface area contributed by atoms with Crippen molar-refractivity contribution in [3.05, 3.63) is 12.1 Å². The van der Waals surface area contributed by atoms with Crippen molar-refractivity contribution in [2.24, 2.45) is 11.7 Å². The fourth-order valence-corrected chi connectivity index (χ4v) is 2.63. The first-order valence-electron chi connectivity index (χ1n) is 6.16. The Balaban J connectivity index is 1.88. The van der Waals surface area contributed by atoms with E-state index < -0.39 is 5.54 Å². The highest BCUT2D eigenvalue weighted by atomic mass is 16.5. The van der Waals surface area contributed by atoms with Crippen molar-refractivity contribution in [1.29, 1.82) is 0 Å². The third kappa shape index (κ3) is 1.90. The lowest BCUT2D eigenvalue weighted by Crippen LogP contribution is -2.41. The Morgan fingerprint density at radius 1 is 1.56 bits per heavy atom. The van der Waals surface area contributed by atoms with Gasteiger partial charge in [0.05, 0.1) is 11.7 Å². The first-order valence-corrected chi connectivity index (χ1v) is 6.16. The van der Waals surface area contributed by atoms with Gasteiger partial charge in [0.1, 0.15) is 0 Å². The lowest BCUT2D eigenvalue weighted by molar-refractivity contribution is 0.183. The largest absolute Gasteiger partial charge is 0.337 e. The molecule has 0 spiro atoms. The molecule has 7 nitrogen and oxygen atoms in total. The number of hydrogen-bond acceptors (Lipinski definition) is 6. The Morgan fingerprint density at radius 3 is 3.17 bits per heavy atom. The fraction of sp³-hybridized carbons (Fsp3) is 0.636. The second-order valence-corrected chi connectivity index (χ2v) is 5.14. The van der Waals surface area contributed by atoms with E-state index in [1.165, 1.54) is 6.42 Å². The van der Waals surface area contributed by atoms with E-state index in [0.717, 1.165) is 19.3 Å². The molecule has 0 amide bonds. The van der Waals surface area contributed by atoms with Crippen molar-refractivity contribution < 1.29 is 4.52 Å². The third-order valence-electron chi connectivity index (χ3n) is 3.53. The molecule has 0 radical (unpaired) electrons. The molecule has 1 aliphatic rings. The lowest BCUT2D eigenvalue weighted by Gasteiger charge is -2.33. The highest BCUT2D eigenvalue weighted by Crippen LogP contribution is 2.37. The molecule has 3 N–H and O–H groups in total. The Bertz CT molecular complexity index is 521. The molecule has 0 aromatic carbocycles. The van der Waals surface area contributed by atoms with Crippen molar-refractivity contribution in [1.82, 2.24) is 25.6 Å². The molecule has 2 unspecified atom stereocenters. The minimum atomic E-state index is -0.493. The van der Waals surface area contributed by atoms with Gasteiger partial charge in [0.2, 0.25) is 11.7 Å². The number of nitrogens with two attached hydrogens (primary N) is 1. The van der Waals surface area contributed by atoms with Gasteiger partial charge >= 0.3 is 0 Å². The Hall–Kier alpha value is -1.76. The Labute approximate surface area is 104 Å². The monoisotopic (exact) mass is 248 g/mol. The van der Waals surface area contributed by atoms with Gasteiger partial charge in [0.25, 0.3) is 0 Å². The first-order chi connectivity index (χ1) is 8.67. The van der Waals surface area contributed by atoms with Crippen LogP contribution in [0.1, 0.15) is 38.5 Å². The van der Waals surface area contributed by atoms with Crippen molar-refractivity contribution >= 4 is 0 Å². The summed E-state index contributed by atoms with van der Waals surface area (Å²) in [6.45, 7) is 2.20. The maximum absolute atomic E-state index is 6.40.